The summed E-state index contributed by atoms with van der Waals surface area (Å²) in [5.74, 6) is 0.0850. The number of hydrogen-bond donors (Lipinski definition) is 1. The molecule has 0 spiro atoms. The number of hydrogen-bond acceptors (Lipinski definition) is 3. The molecule has 0 bridgehead atoms. The highest BCUT2D eigenvalue weighted by Gasteiger charge is 2.19. The van der Waals surface area contributed by atoms with Gasteiger partial charge in [0, 0.05) is 10.7 Å². The lowest BCUT2D eigenvalue weighted by Gasteiger charge is -2.08. The number of carbonyl (C=O) groups excluding carboxylic acids is 1. The maximum Gasteiger partial charge on any atom is 0.293 e. The molecule has 19 heavy (non-hydrogen) atoms. The number of rotatable bonds is 3. The van der Waals surface area contributed by atoms with Gasteiger partial charge in [0.2, 0.25) is 5.76 Å². The number of amides is 1. The van der Waals surface area contributed by atoms with Crippen LogP contribution in [-0.2, 0) is 0 Å². The fourth-order valence-corrected chi connectivity index (χ4v) is 2.01. The zero-order valence-electron chi connectivity index (χ0n) is 11.0. The van der Waals surface area contributed by atoms with E-state index in [0.29, 0.717) is 16.4 Å². The van der Waals surface area contributed by atoms with E-state index in [2.05, 4.69) is 10.3 Å². The number of nitrogens with one attached hydrogen (secondary N) is 1. The zero-order chi connectivity index (χ0) is 14.0. The fourth-order valence-electron chi connectivity index (χ4n) is 1.78. The van der Waals surface area contributed by atoms with Crippen LogP contribution in [0, 0.1) is 6.92 Å². The monoisotopic (exact) mass is 278 g/mol. The Morgan fingerprint density at radius 2 is 2.16 bits per heavy atom. The van der Waals surface area contributed by atoms with Gasteiger partial charge in [0.25, 0.3) is 5.91 Å². The molecule has 0 atom stereocenters. The summed E-state index contributed by atoms with van der Waals surface area (Å²) in [7, 11) is 0. The van der Waals surface area contributed by atoms with E-state index in [1.165, 1.54) is 6.39 Å². The first-order valence-corrected chi connectivity index (χ1v) is 6.37. The Morgan fingerprint density at radius 1 is 1.42 bits per heavy atom. The van der Waals surface area contributed by atoms with Crippen molar-refractivity contribution in [2.45, 2.75) is 26.7 Å². The molecule has 2 rings (SSSR count). The number of aryl methyl sites for hydroxylation is 1. The van der Waals surface area contributed by atoms with Crippen LogP contribution in [0.4, 0.5) is 5.69 Å². The van der Waals surface area contributed by atoms with Gasteiger partial charge in [0.15, 0.2) is 6.39 Å². The lowest BCUT2D eigenvalue weighted by Crippen LogP contribution is -2.14. The molecule has 0 aliphatic carbocycles. The minimum Gasteiger partial charge on any atom is -0.438 e. The zero-order valence-corrected chi connectivity index (χ0v) is 11.8. The minimum absolute atomic E-state index is 0.130. The third-order valence-electron chi connectivity index (χ3n) is 2.78. The summed E-state index contributed by atoms with van der Waals surface area (Å²) >= 11 is 5.88. The molecule has 1 N–H and O–H groups in total. The van der Waals surface area contributed by atoms with Crippen LogP contribution in [0.5, 0.6) is 0 Å². The fraction of sp³-hybridized carbons (Fsp3) is 0.286. The van der Waals surface area contributed by atoms with Gasteiger partial charge in [0.05, 0.1) is 5.69 Å². The normalized spacial score (nSPS) is 10.8. The van der Waals surface area contributed by atoms with Gasteiger partial charge < -0.3 is 9.73 Å². The summed E-state index contributed by atoms with van der Waals surface area (Å²) in [6.07, 6.45) is 1.29. The summed E-state index contributed by atoms with van der Waals surface area (Å²) < 4.78 is 5.17. The van der Waals surface area contributed by atoms with Gasteiger partial charge in [0.1, 0.15) is 0 Å². The van der Waals surface area contributed by atoms with Crippen molar-refractivity contribution in [2.24, 2.45) is 0 Å². The largest absolute Gasteiger partial charge is 0.438 e. The molecule has 1 amide bonds. The molecule has 1 aromatic heterocycles. The maximum atomic E-state index is 12.2. The van der Waals surface area contributed by atoms with Gasteiger partial charge in [-0.25, -0.2) is 4.98 Å². The number of aromatic nitrogens is 1. The molecule has 0 unspecified atom stereocenters. The van der Waals surface area contributed by atoms with Crippen molar-refractivity contribution in [3.63, 3.8) is 0 Å². The average Bonchev–Trinajstić information content (AvgIpc) is 2.82. The van der Waals surface area contributed by atoms with Gasteiger partial charge in [-0.2, -0.15) is 0 Å². The molecule has 1 aromatic carbocycles. The van der Waals surface area contributed by atoms with Gasteiger partial charge in [-0.05, 0) is 36.6 Å². The number of oxazole rings is 1. The van der Waals surface area contributed by atoms with E-state index in [1.807, 2.05) is 20.8 Å². The average molecular weight is 279 g/mol. The van der Waals surface area contributed by atoms with E-state index in [0.717, 1.165) is 5.56 Å². The number of nitrogens with zero attached hydrogens (tertiary/aromatic N) is 1. The summed E-state index contributed by atoms with van der Waals surface area (Å²) in [6, 6.07) is 5.29. The van der Waals surface area contributed by atoms with E-state index in [-0.39, 0.29) is 17.6 Å². The predicted octanol–water partition coefficient (Wildman–Crippen LogP) is 4.01. The molecule has 2 aromatic rings. The van der Waals surface area contributed by atoms with Crippen LogP contribution in [0.2, 0.25) is 5.02 Å². The number of carbonyl (C=O) groups is 1. The minimum atomic E-state index is -0.299. The molecule has 0 saturated heterocycles. The third-order valence-corrected chi connectivity index (χ3v) is 3.02. The number of halogens is 1. The van der Waals surface area contributed by atoms with Gasteiger partial charge >= 0.3 is 0 Å². The summed E-state index contributed by atoms with van der Waals surface area (Å²) in [5, 5.41) is 3.44. The smallest absolute Gasteiger partial charge is 0.293 e. The summed E-state index contributed by atoms with van der Waals surface area (Å²) in [5.41, 5.74) is 2.26. The Balaban J connectivity index is 2.23. The number of benzene rings is 1. The van der Waals surface area contributed by atoms with Crippen molar-refractivity contribution >= 4 is 23.2 Å². The molecule has 0 saturated carbocycles. The summed E-state index contributed by atoms with van der Waals surface area (Å²) in [6.45, 7) is 5.80. The SMILES string of the molecule is Cc1cc(Cl)ccc1NC(=O)c1ocnc1C(C)C. The Labute approximate surface area is 116 Å². The Kier molecular flexibility index (Phi) is 3.90. The number of anilines is 1. The Morgan fingerprint density at radius 3 is 2.79 bits per heavy atom. The highest BCUT2D eigenvalue weighted by molar-refractivity contribution is 6.30. The molecule has 4 nitrogen and oxygen atoms in total. The standard InChI is InChI=1S/C14H15ClN2O2/c1-8(2)12-13(19-7-16-12)14(18)17-11-5-4-10(15)6-9(11)3/h4-8H,1-3H3,(H,17,18). The van der Waals surface area contributed by atoms with Crippen LogP contribution >= 0.6 is 11.6 Å². The Hall–Kier alpha value is -1.81. The van der Waals surface area contributed by atoms with Crippen LogP contribution < -0.4 is 5.32 Å². The first kappa shape index (κ1) is 13.6. The van der Waals surface area contributed by atoms with Gasteiger partial charge in [-0.1, -0.05) is 25.4 Å². The first-order chi connectivity index (χ1) is 8.99. The molecule has 0 radical (unpaired) electrons. The van der Waals surface area contributed by atoms with Crippen LogP contribution in [-0.4, -0.2) is 10.9 Å². The summed E-state index contributed by atoms with van der Waals surface area (Å²) in [4.78, 5) is 16.2. The maximum absolute atomic E-state index is 12.2. The van der Waals surface area contributed by atoms with Crippen molar-refractivity contribution in [2.75, 3.05) is 5.32 Å². The van der Waals surface area contributed by atoms with Crippen molar-refractivity contribution in [3.8, 4) is 0 Å². The van der Waals surface area contributed by atoms with Crippen molar-refractivity contribution in [1.29, 1.82) is 0 Å². The lowest BCUT2D eigenvalue weighted by molar-refractivity contribution is 0.0995. The van der Waals surface area contributed by atoms with Crippen molar-refractivity contribution in [3.05, 3.63) is 46.6 Å². The van der Waals surface area contributed by atoms with Gasteiger partial charge in [-0.3, -0.25) is 4.79 Å². The van der Waals surface area contributed by atoms with E-state index < -0.39 is 0 Å². The predicted molar refractivity (Wildman–Crippen MR) is 74.7 cm³/mol. The highest BCUT2D eigenvalue weighted by Crippen LogP contribution is 2.22. The molecular weight excluding hydrogens is 264 g/mol. The highest BCUT2D eigenvalue weighted by atomic mass is 35.5. The first-order valence-electron chi connectivity index (χ1n) is 6.00. The third kappa shape index (κ3) is 2.96. The molecule has 1 heterocycles. The van der Waals surface area contributed by atoms with Crippen LogP contribution in [0.1, 0.15) is 41.6 Å². The van der Waals surface area contributed by atoms with Crippen LogP contribution in [0.15, 0.2) is 29.0 Å². The van der Waals surface area contributed by atoms with Gasteiger partial charge in [-0.15, -0.1) is 0 Å². The quantitative estimate of drug-likeness (QED) is 0.923. The molecule has 5 heteroatoms. The molecular formula is C14H15ClN2O2. The second-order valence-corrected chi connectivity index (χ2v) is 5.07. The molecule has 0 aliphatic heterocycles. The molecule has 100 valence electrons. The second kappa shape index (κ2) is 5.45. The van der Waals surface area contributed by atoms with E-state index in [1.54, 1.807) is 18.2 Å². The van der Waals surface area contributed by atoms with Crippen LogP contribution in [0.25, 0.3) is 0 Å². The van der Waals surface area contributed by atoms with E-state index >= 15 is 0 Å². The van der Waals surface area contributed by atoms with E-state index in [9.17, 15) is 4.79 Å². The lowest BCUT2D eigenvalue weighted by atomic mass is 10.1. The van der Waals surface area contributed by atoms with Crippen molar-refractivity contribution < 1.29 is 9.21 Å². The Bertz CT molecular complexity index is 605. The molecule has 0 aliphatic rings. The van der Waals surface area contributed by atoms with Crippen molar-refractivity contribution in [1.82, 2.24) is 4.98 Å². The molecule has 0 fully saturated rings. The second-order valence-electron chi connectivity index (χ2n) is 4.63. The van der Waals surface area contributed by atoms with E-state index in [4.69, 9.17) is 16.0 Å². The van der Waals surface area contributed by atoms with Crippen LogP contribution in [0.3, 0.4) is 0 Å². The topological polar surface area (TPSA) is 55.1 Å².